The molecule has 2 aromatic heterocycles. The van der Waals surface area contributed by atoms with Gasteiger partial charge in [-0.2, -0.15) is 0 Å². The Labute approximate surface area is 349 Å². The number of aromatic nitrogens is 2. The van der Waals surface area contributed by atoms with Gasteiger partial charge in [0, 0.05) is 35.1 Å². The van der Waals surface area contributed by atoms with E-state index < -0.39 is 0 Å². The van der Waals surface area contributed by atoms with Crippen molar-refractivity contribution in [2.24, 2.45) is 22.7 Å². The summed E-state index contributed by atoms with van der Waals surface area (Å²) in [7, 11) is 0. The number of nitrogens with one attached hydrogen (secondary N) is 6. The molecule has 4 aromatic rings. The maximum absolute atomic E-state index is 5.39. The summed E-state index contributed by atoms with van der Waals surface area (Å²) in [6, 6.07) is 13.6. The molecule has 0 amide bonds. The standard InChI is InChI=1S/C48H58N8.Cu/c1-45(2,3)25-13-17-29-33(21-25)41-49-37(29)54-42-35-23-27(47(7,8)9)15-19-31(35)39(51-42)56-44-36-24-28(48(10,11)12)16-20-32(36)40(52-44)55-43-34-22-26(46(4,5)6)14-18-30(34)38(50-43)53-41;/h13-24,29,36-37,44,49,52-56H,1-12H3;/q-2;+2. The SMILES string of the molecule is CC(C)(C)C1=CC2=C3Nc4[n-]c(c5cc(C(C)(C)C)ccc45)NC4=C5C=CC(C(C)(C)C)=CC5C(N4)Nc4[n-]c(c5cc(C(C)(C)C)ccc45)NC(N3)C2C=C1.[Cu+2]. The molecule has 9 rings (SSSR count). The van der Waals surface area contributed by atoms with Gasteiger partial charge in [-0.1, -0.05) is 144 Å². The fourth-order valence-electron chi connectivity index (χ4n) is 8.63. The van der Waals surface area contributed by atoms with Crippen LogP contribution in [0.4, 0.5) is 23.3 Å². The predicted molar refractivity (Wildman–Crippen MR) is 235 cm³/mol. The third kappa shape index (κ3) is 6.80. The van der Waals surface area contributed by atoms with Crippen LogP contribution in [0.1, 0.15) is 94.2 Å². The Kier molecular flexibility index (Phi) is 9.03. The first-order valence-electron chi connectivity index (χ1n) is 20.3. The van der Waals surface area contributed by atoms with Gasteiger partial charge in [0.25, 0.3) is 0 Å². The van der Waals surface area contributed by atoms with Crippen molar-refractivity contribution in [1.82, 2.24) is 20.6 Å². The molecule has 8 nitrogen and oxygen atoms in total. The molecule has 4 atom stereocenters. The maximum atomic E-state index is 5.39. The van der Waals surface area contributed by atoms with E-state index in [1.54, 1.807) is 0 Å². The van der Waals surface area contributed by atoms with Gasteiger partial charge in [-0.05, 0) is 88.8 Å². The molecule has 0 spiro atoms. The fourth-order valence-corrected chi connectivity index (χ4v) is 8.63. The van der Waals surface area contributed by atoms with Gasteiger partial charge in [-0.25, -0.2) is 0 Å². The second-order valence-corrected chi connectivity index (χ2v) is 20.5. The summed E-state index contributed by atoms with van der Waals surface area (Å²) in [6.45, 7) is 27.3. The quantitative estimate of drug-likeness (QED) is 0.0977. The summed E-state index contributed by atoms with van der Waals surface area (Å²) in [4.78, 5) is 10.8. The zero-order chi connectivity index (χ0) is 39.7. The minimum Gasteiger partial charge on any atom is -0.421 e. The molecule has 8 bridgehead atoms. The molecule has 57 heavy (non-hydrogen) atoms. The first-order valence-corrected chi connectivity index (χ1v) is 20.3. The minimum atomic E-state index is -0.147. The van der Waals surface area contributed by atoms with Crippen LogP contribution in [0.2, 0.25) is 0 Å². The minimum absolute atomic E-state index is 0. The van der Waals surface area contributed by atoms with Crippen molar-refractivity contribution >= 4 is 44.8 Å². The van der Waals surface area contributed by atoms with Crippen LogP contribution in [-0.2, 0) is 27.9 Å². The first-order chi connectivity index (χ1) is 26.2. The number of hydrogen-bond donors (Lipinski definition) is 6. The zero-order valence-corrected chi connectivity index (χ0v) is 36.4. The largest absolute Gasteiger partial charge is 2.00 e. The Bertz CT molecular complexity index is 2490. The molecule has 3 aliphatic heterocycles. The summed E-state index contributed by atoms with van der Waals surface area (Å²) in [5, 5.41) is 27.7. The predicted octanol–water partition coefficient (Wildman–Crippen LogP) is 10.5. The molecule has 0 fully saturated rings. The van der Waals surface area contributed by atoms with E-state index in [-0.39, 0.29) is 62.9 Å². The molecule has 0 saturated carbocycles. The van der Waals surface area contributed by atoms with E-state index in [1.165, 1.54) is 33.4 Å². The van der Waals surface area contributed by atoms with Gasteiger partial charge in [-0.3, -0.25) is 0 Å². The summed E-state index contributed by atoms with van der Waals surface area (Å²) < 4.78 is 0. The normalized spacial score (nSPS) is 23.0. The molecule has 1 radical (unpaired) electrons. The molecule has 5 heterocycles. The van der Waals surface area contributed by atoms with Gasteiger partial charge >= 0.3 is 17.1 Å². The summed E-state index contributed by atoms with van der Waals surface area (Å²) in [5.74, 6) is 5.42. The average Bonchev–Trinajstić information content (AvgIpc) is 3.84. The monoisotopic (exact) mass is 809 g/mol. The van der Waals surface area contributed by atoms with Gasteiger partial charge in [0.2, 0.25) is 0 Å². The van der Waals surface area contributed by atoms with Crippen molar-refractivity contribution in [3.05, 3.63) is 118 Å². The van der Waals surface area contributed by atoms with E-state index in [0.717, 1.165) is 56.5 Å². The third-order valence-corrected chi connectivity index (χ3v) is 12.3. The number of benzene rings is 2. The second-order valence-electron chi connectivity index (χ2n) is 20.5. The molecule has 5 aliphatic rings. The summed E-state index contributed by atoms with van der Waals surface area (Å²) in [6.07, 6.45) is 13.7. The van der Waals surface area contributed by atoms with Crippen molar-refractivity contribution in [2.75, 3.05) is 21.3 Å². The average molecular weight is 811 g/mol. The van der Waals surface area contributed by atoms with E-state index in [1.807, 2.05) is 0 Å². The van der Waals surface area contributed by atoms with Crippen molar-refractivity contribution in [1.29, 1.82) is 0 Å². The Morgan fingerprint density at radius 1 is 0.474 bits per heavy atom. The van der Waals surface area contributed by atoms with Crippen molar-refractivity contribution < 1.29 is 17.1 Å². The number of hydrogen-bond acceptors (Lipinski definition) is 6. The first kappa shape index (κ1) is 39.1. The van der Waals surface area contributed by atoms with Gasteiger partial charge in [0.15, 0.2) is 0 Å². The summed E-state index contributed by atoms with van der Waals surface area (Å²) >= 11 is 0. The van der Waals surface area contributed by atoms with Gasteiger partial charge < -0.3 is 41.9 Å². The van der Waals surface area contributed by atoms with E-state index in [4.69, 9.17) is 9.97 Å². The van der Waals surface area contributed by atoms with Crippen LogP contribution in [0.15, 0.2) is 107 Å². The third-order valence-electron chi connectivity index (χ3n) is 12.3. The van der Waals surface area contributed by atoms with E-state index in [9.17, 15) is 0 Å². The smallest absolute Gasteiger partial charge is 0.421 e. The number of rotatable bonds is 0. The van der Waals surface area contributed by atoms with Crippen molar-refractivity contribution in [2.45, 2.75) is 106 Å². The van der Waals surface area contributed by atoms with Crippen molar-refractivity contribution in [3.8, 4) is 0 Å². The van der Waals surface area contributed by atoms with Gasteiger partial charge in [-0.15, -0.1) is 0 Å². The molecule has 4 unspecified atom stereocenters. The number of anilines is 4. The Morgan fingerprint density at radius 2 is 0.965 bits per heavy atom. The fraction of sp³-hybridized carbons (Fsp3) is 0.417. The van der Waals surface area contributed by atoms with Gasteiger partial charge in [0.05, 0.1) is 24.0 Å². The summed E-state index contributed by atoms with van der Waals surface area (Å²) in [5.41, 5.74) is 7.53. The molecule has 2 aromatic carbocycles. The number of allylic oxidation sites excluding steroid dienone is 6. The molecule has 301 valence electrons. The molecule has 9 heteroatoms. The van der Waals surface area contributed by atoms with Crippen LogP contribution in [0, 0.1) is 22.7 Å². The second kappa shape index (κ2) is 13.2. The molecule has 0 saturated heterocycles. The van der Waals surface area contributed by atoms with E-state index >= 15 is 0 Å². The van der Waals surface area contributed by atoms with Crippen LogP contribution >= 0.6 is 0 Å². The Hall–Kier alpha value is -4.72. The van der Waals surface area contributed by atoms with E-state index in [2.05, 4.69) is 188 Å². The van der Waals surface area contributed by atoms with E-state index in [0.29, 0.717) is 0 Å². The Morgan fingerprint density at radius 3 is 1.54 bits per heavy atom. The molecular weight excluding hydrogens is 752 g/mol. The molecule has 2 aliphatic carbocycles. The van der Waals surface area contributed by atoms with Crippen LogP contribution in [-0.4, -0.2) is 12.3 Å². The van der Waals surface area contributed by atoms with Gasteiger partial charge in [0.1, 0.15) is 0 Å². The topological polar surface area (TPSA) is 100 Å². The maximum Gasteiger partial charge on any atom is 2.00 e. The van der Waals surface area contributed by atoms with Crippen LogP contribution in [0.5, 0.6) is 0 Å². The van der Waals surface area contributed by atoms with Crippen molar-refractivity contribution in [3.63, 3.8) is 0 Å². The zero-order valence-electron chi connectivity index (χ0n) is 35.4. The van der Waals surface area contributed by atoms with Crippen LogP contribution < -0.4 is 41.9 Å². The molecular formula is C48H58CuN8. The number of nitrogens with zero attached hydrogens (tertiary/aromatic N) is 2. The molecule has 6 N–H and O–H groups in total. The van der Waals surface area contributed by atoms with Crippen LogP contribution in [0.3, 0.4) is 0 Å². The van der Waals surface area contributed by atoms with Crippen LogP contribution in [0.25, 0.3) is 21.5 Å². The Balaban J connectivity index is 0.00000455. The number of fused-ring (bicyclic) bond motifs is 18.